The van der Waals surface area contributed by atoms with Crippen molar-refractivity contribution >= 4 is 45.3 Å². The van der Waals surface area contributed by atoms with Crippen molar-refractivity contribution < 1.29 is 0 Å². The molecule has 5 heteroatoms. The van der Waals surface area contributed by atoms with Crippen LogP contribution in [0.15, 0.2) is 23.7 Å². The van der Waals surface area contributed by atoms with Crippen LogP contribution in [0, 0.1) is 10.5 Å². The molecule has 0 aliphatic rings. The monoisotopic (exact) mass is 345 g/mol. The summed E-state index contributed by atoms with van der Waals surface area (Å²) in [6, 6.07) is 5.87. The van der Waals surface area contributed by atoms with Gasteiger partial charge in [-0.15, -0.1) is 11.3 Å². The Hall–Kier alpha value is -0.820. The van der Waals surface area contributed by atoms with Gasteiger partial charge in [-0.05, 0) is 47.7 Å². The van der Waals surface area contributed by atoms with Crippen LogP contribution in [-0.2, 0) is 6.54 Å². The molecule has 1 heterocycles. The van der Waals surface area contributed by atoms with Gasteiger partial charge < -0.3 is 11.1 Å². The highest BCUT2D eigenvalue weighted by atomic mass is 127. The van der Waals surface area contributed by atoms with E-state index in [4.69, 9.17) is 5.73 Å². The summed E-state index contributed by atoms with van der Waals surface area (Å²) in [7, 11) is 0. The first-order valence-corrected chi connectivity index (χ1v) is 6.80. The molecule has 2 aromatic rings. The molecular weight excluding hydrogens is 333 g/mol. The molecule has 0 saturated heterocycles. The first-order valence-electron chi connectivity index (χ1n) is 4.84. The number of nitrogens with zero attached hydrogens (tertiary/aromatic N) is 1. The van der Waals surface area contributed by atoms with E-state index in [9.17, 15) is 0 Å². The van der Waals surface area contributed by atoms with Gasteiger partial charge >= 0.3 is 0 Å². The number of nitrogens with one attached hydrogen (secondary N) is 1. The van der Waals surface area contributed by atoms with Crippen LogP contribution in [0.3, 0.4) is 0 Å². The number of hydrogen-bond donors (Lipinski definition) is 2. The first-order chi connectivity index (χ1) is 7.66. The van der Waals surface area contributed by atoms with Gasteiger partial charge in [-0.1, -0.05) is 0 Å². The number of nitrogen functional groups attached to an aromatic ring is 1. The second-order valence-electron chi connectivity index (χ2n) is 3.45. The van der Waals surface area contributed by atoms with Crippen LogP contribution in [0.4, 0.5) is 11.4 Å². The fourth-order valence-electron chi connectivity index (χ4n) is 1.35. The molecule has 1 aromatic heterocycles. The van der Waals surface area contributed by atoms with Gasteiger partial charge in [-0.25, -0.2) is 4.98 Å². The van der Waals surface area contributed by atoms with Gasteiger partial charge in [0.05, 0.1) is 17.7 Å². The Kier molecular flexibility index (Phi) is 3.65. The van der Waals surface area contributed by atoms with E-state index >= 15 is 0 Å². The minimum atomic E-state index is 0.795. The van der Waals surface area contributed by atoms with E-state index in [0.29, 0.717) is 0 Å². The molecule has 0 aliphatic carbocycles. The molecule has 0 unspecified atom stereocenters. The highest BCUT2D eigenvalue weighted by Gasteiger charge is 2.03. The van der Waals surface area contributed by atoms with Crippen molar-refractivity contribution in [1.82, 2.24) is 4.98 Å². The summed E-state index contributed by atoms with van der Waals surface area (Å²) >= 11 is 3.96. The van der Waals surface area contributed by atoms with Gasteiger partial charge in [0.25, 0.3) is 0 Å². The van der Waals surface area contributed by atoms with Crippen molar-refractivity contribution in [2.24, 2.45) is 0 Å². The van der Waals surface area contributed by atoms with Crippen molar-refractivity contribution in [3.05, 3.63) is 37.9 Å². The molecular formula is C11H12IN3S. The number of benzene rings is 1. The smallest absolute Gasteiger partial charge is 0.0798 e. The summed E-state index contributed by atoms with van der Waals surface area (Å²) < 4.78 is 1.14. The van der Waals surface area contributed by atoms with Crippen LogP contribution in [0.2, 0.25) is 0 Å². The van der Waals surface area contributed by atoms with E-state index < -0.39 is 0 Å². The van der Waals surface area contributed by atoms with E-state index in [1.165, 1.54) is 4.88 Å². The maximum atomic E-state index is 5.70. The molecule has 16 heavy (non-hydrogen) atoms. The lowest BCUT2D eigenvalue weighted by molar-refractivity contribution is 1.12. The quantitative estimate of drug-likeness (QED) is 0.663. The molecule has 3 N–H and O–H groups in total. The third-order valence-electron chi connectivity index (χ3n) is 2.28. The van der Waals surface area contributed by atoms with Crippen molar-refractivity contribution in [2.45, 2.75) is 13.5 Å². The maximum Gasteiger partial charge on any atom is 0.0798 e. The van der Waals surface area contributed by atoms with Gasteiger partial charge in [0.15, 0.2) is 0 Å². The van der Waals surface area contributed by atoms with Crippen molar-refractivity contribution in [3.8, 4) is 0 Å². The van der Waals surface area contributed by atoms with Crippen LogP contribution in [0.1, 0.15) is 10.6 Å². The number of thiazole rings is 1. The lowest BCUT2D eigenvalue weighted by Gasteiger charge is -2.08. The molecule has 0 atom stereocenters. The zero-order chi connectivity index (χ0) is 11.5. The van der Waals surface area contributed by atoms with Crippen LogP contribution in [0.5, 0.6) is 0 Å². The van der Waals surface area contributed by atoms with Crippen LogP contribution < -0.4 is 11.1 Å². The third kappa shape index (κ3) is 2.65. The van der Waals surface area contributed by atoms with Crippen molar-refractivity contribution in [1.29, 1.82) is 0 Å². The fraction of sp³-hybridized carbons (Fsp3) is 0.182. The molecule has 0 bridgehead atoms. The molecule has 1 aromatic carbocycles. The number of rotatable bonds is 3. The van der Waals surface area contributed by atoms with Crippen LogP contribution in [-0.4, -0.2) is 4.98 Å². The molecule has 0 radical (unpaired) electrons. The number of nitrogens with two attached hydrogens (primary N) is 1. The summed E-state index contributed by atoms with van der Waals surface area (Å²) in [5.74, 6) is 0. The molecule has 0 aliphatic heterocycles. The van der Waals surface area contributed by atoms with Gasteiger partial charge in [0.2, 0.25) is 0 Å². The Labute approximate surface area is 112 Å². The zero-order valence-corrected chi connectivity index (χ0v) is 11.8. The minimum Gasteiger partial charge on any atom is -0.399 e. The minimum absolute atomic E-state index is 0.795. The lowest BCUT2D eigenvalue weighted by Crippen LogP contribution is -2.01. The Morgan fingerprint density at radius 3 is 2.94 bits per heavy atom. The van der Waals surface area contributed by atoms with Gasteiger partial charge in [-0.3, -0.25) is 0 Å². The number of anilines is 2. The van der Waals surface area contributed by atoms with Gasteiger partial charge in [-0.2, -0.15) is 0 Å². The third-order valence-corrected chi connectivity index (χ3v) is 4.10. The normalized spacial score (nSPS) is 10.4. The Morgan fingerprint density at radius 2 is 2.31 bits per heavy atom. The number of aryl methyl sites for hydroxylation is 1. The molecule has 3 nitrogen and oxygen atoms in total. The summed E-state index contributed by atoms with van der Waals surface area (Å²) in [5, 5.41) is 3.39. The summed E-state index contributed by atoms with van der Waals surface area (Å²) in [6.07, 6.45) is 0. The Morgan fingerprint density at radius 1 is 1.50 bits per heavy atom. The molecule has 0 spiro atoms. The molecule has 0 fully saturated rings. The van der Waals surface area contributed by atoms with Crippen molar-refractivity contribution in [3.63, 3.8) is 0 Å². The van der Waals surface area contributed by atoms with E-state index in [1.54, 1.807) is 11.3 Å². The highest BCUT2D eigenvalue weighted by molar-refractivity contribution is 14.1. The SMILES string of the molecule is Cc1ncsc1CNc1ccc(N)cc1I. The van der Waals surface area contributed by atoms with Crippen molar-refractivity contribution in [2.75, 3.05) is 11.1 Å². The van der Waals surface area contributed by atoms with Crippen LogP contribution in [0.25, 0.3) is 0 Å². The largest absolute Gasteiger partial charge is 0.399 e. The second-order valence-corrected chi connectivity index (χ2v) is 5.56. The lowest BCUT2D eigenvalue weighted by atomic mass is 10.3. The number of aromatic nitrogens is 1. The van der Waals surface area contributed by atoms with Gasteiger partial charge in [0, 0.05) is 19.8 Å². The molecule has 2 rings (SSSR count). The Bertz CT molecular complexity index is 496. The maximum absolute atomic E-state index is 5.70. The zero-order valence-electron chi connectivity index (χ0n) is 8.83. The Balaban J connectivity index is 2.08. The topological polar surface area (TPSA) is 50.9 Å². The molecule has 0 saturated carbocycles. The van der Waals surface area contributed by atoms with Gasteiger partial charge in [0.1, 0.15) is 0 Å². The molecule has 84 valence electrons. The fourth-order valence-corrected chi connectivity index (χ4v) is 2.79. The molecule has 0 amide bonds. The predicted octanol–water partition coefficient (Wildman–Crippen LogP) is 3.25. The van der Waals surface area contributed by atoms with E-state index in [-0.39, 0.29) is 0 Å². The average Bonchev–Trinajstić information content (AvgIpc) is 2.63. The summed E-state index contributed by atoms with van der Waals surface area (Å²) in [6.45, 7) is 2.85. The second kappa shape index (κ2) is 5.01. The standard InChI is InChI=1S/C11H12IN3S/c1-7-11(16-6-15-7)5-14-10-3-2-8(13)4-9(10)12/h2-4,6,14H,5,13H2,1H3. The van der Waals surface area contributed by atoms with E-state index in [0.717, 1.165) is 27.2 Å². The highest BCUT2D eigenvalue weighted by Crippen LogP contribution is 2.22. The predicted molar refractivity (Wildman–Crippen MR) is 77.7 cm³/mol. The van der Waals surface area contributed by atoms with E-state index in [1.807, 2.05) is 30.6 Å². The average molecular weight is 345 g/mol. The van der Waals surface area contributed by atoms with E-state index in [2.05, 4.69) is 32.9 Å². The van der Waals surface area contributed by atoms with Crippen LogP contribution >= 0.6 is 33.9 Å². The first kappa shape index (κ1) is 11.7. The summed E-state index contributed by atoms with van der Waals surface area (Å²) in [4.78, 5) is 5.49. The number of hydrogen-bond acceptors (Lipinski definition) is 4. The number of halogens is 1. The summed E-state index contributed by atoms with van der Waals surface area (Å²) in [5.41, 5.74) is 10.6.